The van der Waals surface area contributed by atoms with Crippen LogP contribution in [0.2, 0.25) is 0 Å². The van der Waals surface area contributed by atoms with Crippen molar-refractivity contribution >= 4 is 29.3 Å². The van der Waals surface area contributed by atoms with Crippen LogP contribution >= 0.6 is 11.8 Å². The van der Waals surface area contributed by atoms with Gasteiger partial charge in [0.15, 0.2) is 0 Å². The zero-order valence-electron chi connectivity index (χ0n) is 14.4. The number of anilines is 1. The van der Waals surface area contributed by atoms with Crippen molar-refractivity contribution in [3.05, 3.63) is 18.3 Å². The average molecular weight is 347 g/mol. The van der Waals surface area contributed by atoms with E-state index in [1.807, 2.05) is 17.0 Å². The van der Waals surface area contributed by atoms with Crippen molar-refractivity contribution in [1.82, 2.24) is 9.88 Å². The van der Waals surface area contributed by atoms with Crippen LogP contribution in [0.4, 0.5) is 5.69 Å². The third-order valence-electron chi connectivity index (χ3n) is 4.65. The molecule has 2 atom stereocenters. The molecule has 1 aromatic rings. The molecule has 3 rings (SSSR count). The van der Waals surface area contributed by atoms with Crippen molar-refractivity contribution in [2.75, 3.05) is 24.5 Å². The first kappa shape index (κ1) is 17.3. The number of nitrogens with zero attached hydrogens (tertiary/aromatic N) is 3. The van der Waals surface area contributed by atoms with Crippen molar-refractivity contribution in [3.8, 4) is 0 Å². The van der Waals surface area contributed by atoms with Crippen molar-refractivity contribution in [2.45, 2.75) is 49.8 Å². The van der Waals surface area contributed by atoms with E-state index in [0.717, 1.165) is 36.6 Å². The molecule has 0 spiro atoms. The molecule has 3 heterocycles. The normalized spacial score (nSPS) is 24.0. The summed E-state index contributed by atoms with van der Waals surface area (Å²) < 4.78 is 0. The smallest absolute Gasteiger partial charge is 0.241 e. The molecule has 24 heavy (non-hydrogen) atoms. The quantitative estimate of drug-likeness (QED) is 0.840. The number of hydrogen-bond donors (Lipinski definition) is 0. The summed E-state index contributed by atoms with van der Waals surface area (Å²) in [4.78, 5) is 33.7. The molecule has 0 aliphatic carbocycles. The molecule has 0 aromatic carbocycles. The SMILES string of the molecule is CCCN1C(=O)[C@@H](CC(=O)N2CCC[C@@H](C)C2)Sc2ncccc21. The van der Waals surface area contributed by atoms with Gasteiger partial charge in [0.1, 0.15) is 5.03 Å². The van der Waals surface area contributed by atoms with Gasteiger partial charge in [-0.1, -0.05) is 25.6 Å². The number of hydrogen-bond acceptors (Lipinski definition) is 4. The van der Waals surface area contributed by atoms with Gasteiger partial charge in [-0.3, -0.25) is 9.59 Å². The summed E-state index contributed by atoms with van der Waals surface area (Å²) in [6, 6.07) is 3.79. The van der Waals surface area contributed by atoms with Crippen LogP contribution in [-0.2, 0) is 9.59 Å². The van der Waals surface area contributed by atoms with Crippen LogP contribution in [0.5, 0.6) is 0 Å². The number of carbonyl (C=O) groups excluding carboxylic acids is 2. The van der Waals surface area contributed by atoms with Gasteiger partial charge in [-0.15, -0.1) is 0 Å². The summed E-state index contributed by atoms with van der Waals surface area (Å²) >= 11 is 1.44. The van der Waals surface area contributed by atoms with E-state index in [1.54, 1.807) is 11.1 Å². The lowest BCUT2D eigenvalue weighted by molar-refractivity contribution is -0.134. The zero-order chi connectivity index (χ0) is 17.1. The van der Waals surface area contributed by atoms with Crippen LogP contribution in [0.15, 0.2) is 23.4 Å². The first-order valence-electron chi connectivity index (χ1n) is 8.81. The Morgan fingerprint density at radius 3 is 3.04 bits per heavy atom. The highest BCUT2D eigenvalue weighted by molar-refractivity contribution is 8.00. The molecule has 2 aliphatic heterocycles. The summed E-state index contributed by atoms with van der Waals surface area (Å²) in [7, 11) is 0. The van der Waals surface area contributed by atoms with Gasteiger partial charge in [0.25, 0.3) is 0 Å². The summed E-state index contributed by atoms with van der Waals surface area (Å²) in [6.07, 6.45) is 5.14. The maximum absolute atomic E-state index is 12.9. The summed E-state index contributed by atoms with van der Waals surface area (Å²) in [5.74, 6) is 0.695. The average Bonchev–Trinajstić information content (AvgIpc) is 2.58. The van der Waals surface area contributed by atoms with Gasteiger partial charge in [0.05, 0.1) is 10.9 Å². The number of aromatic nitrogens is 1. The third kappa shape index (κ3) is 3.58. The van der Waals surface area contributed by atoms with Crippen LogP contribution in [0, 0.1) is 5.92 Å². The predicted molar refractivity (Wildman–Crippen MR) is 96.1 cm³/mol. The standard InChI is InChI=1S/C18H25N3O2S/c1-3-9-21-14-7-4-8-19-17(14)24-15(18(21)23)11-16(22)20-10-5-6-13(2)12-20/h4,7-8,13,15H,3,5-6,9-12H2,1-2H3/t13-,15-/m1/s1. The highest BCUT2D eigenvalue weighted by atomic mass is 32.2. The second kappa shape index (κ2) is 7.55. The summed E-state index contributed by atoms with van der Waals surface area (Å²) in [5.41, 5.74) is 0.879. The number of carbonyl (C=O) groups is 2. The number of thioether (sulfide) groups is 1. The molecule has 0 bridgehead atoms. The maximum Gasteiger partial charge on any atom is 0.241 e. The zero-order valence-corrected chi connectivity index (χ0v) is 15.2. The van der Waals surface area contributed by atoms with E-state index in [9.17, 15) is 9.59 Å². The van der Waals surface area contributed by atoms with Crippen molar-refractivity contribution in [1.29, 1.82) is 0 Å². The molecule has 0 N–H and O–H groups in total. The Morgan fingerprint density at radius 2 is 2.29 bits per heavy atom. The van der Waals surface area contributed by atoms with Gasteiger partial charge in [0.2, 0.25) is 11.8 Å². The minimum absolute atomic E-state index is 0.0424. The third-order valence-corrected chi connectivity index (χ3v) is 5.84. The molecule has 130 valence electrons. The van der Waals surface area contributed by atoms with Gasteiger partial charge >= 0.3 is 0 Å². The number of pyridine rings is 1. The van der Waals surface area contributed by atoms with Crippen LogP contribution in [-0.4, -0.2) is 46.6 Å². The second-order valence-electron chi connectivity index (χ2n) is 6.72. The van der Waals surface area contributed by atoms with E-state index in [-0.39, 0.29) is 23.5 Å². The Bertz CT molecular complexity index is 622. The Morgan fingerprint density at radius 1 is 1.46 bits per heavy atom. The molecule has 6 heteroatoms. The first-order valence-corrected chi connectivity index (χ1v) is 9.69. The van der Waals surface area contributed by atoms with Gasteiger partial charge in [0, 0.05) is 32.3 Å². The van der Waals surface area contributed by atoms with Gasteiger partial charge in [-0.25, -0.2) is 4.98 Å². The van der Waals surface area contributed by atoms with Crippen LogP contribution in [0.25, 0.3) is 0 Å². The van der Waals surface area contributed by atoms with Gasteiger partial charge in [-0.05, 0) is 37.3 Å². The van der Waals surface area contributed by atoms with Gasteiger partial charge < -0.3 is 9.80 Å². The summed E-state index contributed by atoms with van der Waals surface area (Å²) in [5, 5.41) is 0.499. The van der Waals surface area contributed by atoms with E-state index in [1.165, 1.54) is 18.2 Å². The monoisotopic (exact) mass is 347 g/mol. The van der Waals surface area contributed by atoms with E-state index >= 15 is 0 Å². The van der Waals surface area contributed by atoms with E-state index in [2.05, 4.69) is 18.8 Å². The molecular formula is C18H25N3O2S. The fourth-order valence-corrected chi connectivity index (χ4v) is 4.59. The Balaban J connectivity index is 1.74. The second-order valence-corrected chi connectivity index (χ2v) is 7.91. The lowest BCUT2D eigenvalue weighted by Crippen LogP contribution is -2.45. The largest absolute Gasteiger partial charge is 0.342 e. The molecule has 5 nitrogen and oxygen atoms in total. The molecular weight excluding hydrogens is 322 g/mol. The number of piperidine rings is 1. The molecule has 1 aromatic heterocycles. The molecule has 1 fully saturated rings. The molecule has 2 amide bonds. The molecule has 0 radical (unpaired) electrons. The topological polar surface area (TPSA) is 53.5 Å². The lowest BCUT2D eigenvalue weighted by Gasteiger charge is -2.35. The Kier molecular flexibility index (Phi) is 5.43. The molecule has 1 saturated heterocycles. The molecule has 0 unspecified atom stereocenters. The molecule has 2 aliphatic rings. The number of amides is 2. The number of rotatable bonds is 4. The van der Waals surface area contributed by atoms with Crippen molar-refractivity contribution < 1.29 is 9.59 Å². The minimum atomic E-state index is -0.358. The van der Waals surface area contributed by atoms with E-state index in [0.29, 0.717) is 12.5 Å². The van der Waals surface area contributed by atoms with E-state index < -0.39 is 0 Å². The fourth-order valence-electron chi connectivity index (χ4n) is 3.44. The predicted octanol–water partition coefficient (Wildman–Crippen LogP) is 2.95. The van der Waals surface area contributed by atoms with Crippen LogP contribution < -0.4 is 4.90 Å². The lowest BCUT2D eigenvalue weighted by atomic mass is 10.00. The van der Waals surface area contributed by atoms with Crippen LogP contribution in [0.1, 0.15) is 39.5 Å². The Hall–Kier alpha value is -1.56. The van der Waals surface area contributed by atoms with Crippen molar-refractivity contribution in [2.24, 2.45) is 5.92 Å². The van der Waals surface area contributed by atoms with Gasteiger partial charge in [-0.2, -0.15) is 0 Å². The number of likely N-dealkylation sites (tertiary alicyclic amines) is 1. The maximum atomic E-state index is 12.9. The number of fused-ring (bicyclic) bond motifs is 1. The minimum Gasteiger partial charge on any atom is -0.342 e. The fraction of sp³-hybridized carbons (Fsp3) is 0.611. The van der Waals surface area contributed by atoms with Crippen molar-refractivity contribution in [3.63, 3.8) is 0 Å². The summed E-state index contributed by atoms with van der Waals surface area (Å²) in [6.45, 7) is 6.55. The first-order chi connectivity index (χ1) is 11.6. The Labute approximate surface area is 147 Å². The van der Waals surface area contributed by atoms with Crippen LogP contribution in [0.3, 0.4) is 0 Å². The highest BCUT2D eigenvalue weighted by Crippen LogP contribution is 2.39. The molecule has 0 saturated carbocycles. The van der Waals surface area contributed by atoms with E-state index in [4.69, 9.17) is 0 Å². The highest BCUT2D eigenvalue weighted by Gasteiger charge is 2.36.